The number of carbonyl (C=O) groups is 10. The van der Waals surface area contributed by atoms with Crippen molar-refractivity contribution >= 4 is 70.3 Å². The molecule has 2 aromatic heterocycles. The second-order valence-corrected chi connectivity index (χ2v) is 38.3. The zero-order valence-electron chi connectivity index (χ0n) is 86.1. The summed E-state index contributed by atoms with van der Waals surface area (Å²) in [6.07, 6.45) is 0.471. The Hall–Kier alpha value is -10.2. The maximum absolute atomic E-state index is 14.6. The Morgan fingerprint density at radius 3 is 0.993 bits per heavy atom. The average molecular weight is 1990 g/mol. The van der Waals surface area contributed by atoms with Crippen molar-refractivity contribution < 1.29 is 124 Å². The minimum Gasteiger partial charge on any atom is -0.469 e. The first-order valence-electron chi connectivity index (χ1n) is 48.1. The van der Waals surface area contributed by atoms with E-state index in [4.69, 9.17) is 82.7 Å². The largest absolute Gasteiger partial charge is 0.469 e. The molecule has 35 heteroatoms. The highest BCUT2D eigenvalue weighted by Gasteiger charge is 2.42. The highest BCUT2D eigenvalue weighted by Crippen LogP contribution is 2.34. The molecule has 6 aromatic rings. The molecule has 0 saturated carbocycles. The number of Topliss-reactive ketones (excluding diaryl/α,β-unsaturated/α-hetero) is 2. The van der Waals surface area contributed by atoms with Crippen molar-refractivity contribution in [1.82, 2.24) is 41.5 Å². The summed E-state index contributed by atoms with van der Waals surface area (Å²) in [5, 5.41) is 20.7. The third kappa shape index (κ3) is 53.1. The van der Waals surface area contributed by atoms with Crippen molar-refractivity contribution in [3.63, 3.8) is 0 Å². The lowest BCUT2D eigenvalue weighted by molar-refractivity contribution is -0.156. The van der Waals surface area contributed by atoms with Crippen molar-refractivity contribution in [2.24, 2.45) is 45.3 Å². The number of aliphatic hydroxyl groups excluding tert-OH is 1. The van der Waals surface area contributed by atoms with Crippen LogP contribution in [0.5, 0.6) is 0 Å². The van der Waals surface area contributed by atoms with Crippen molar-refractivity contribution in [3.05, 3.63) is 180 Å². The van der Waals surface area contributed by atoms with Crippen LogP contribution in [0.15, 0.2) is 158 Å². The molecule has 0 unspecified atom stereocenters. The predicted octanol–water partition coefficient (Wildman–Crippen LogP) is 13.8. The molecule has 0 spiro atoms. The van der Waals surface area contributed by atoms with E-state index in [2.05, 4.69) is 31.5 Å². The number of ether oxygens (including phenoxy) is 15. The number of halogens is 1. The van der Waals surface area contributed by atoms with Gasteiger partial charge in [-0.1, -0.05) is 218 Å². The van der Waals surface area contributed by atoms with Crippen LogP contribution in [0.1, 0.15) is 158 Å². The number of aromatic nitrogens is 2. The number of rotatable bonds is 65. The second kappa shape index (κ2) is 68.9. The molecule has 0 fully saturated rings. The molecule has 34 nitrogen and oxygen atoms in total. The summed E-state index contributed by atoms with van der Waals surface area (Å²) in [6, 6.07) is 44.0. The number of methoxy groups -OCH3 is 4. The fourth-order valence-corrected chi connectivity index (χ4v) is 14.4. The number of ketones is 2. The number of amides is 4. The minimum atomic E-state index is -1.14. The van der Waals surface area contributed by atoms with Crippen LogP contribution in [0.2, 0.25) is 0 Å². The van der Waals surface area contributed by atoms with E-state index < -0.39 is 112 Å². The number of nitrogens with one attached hydrogen (secondary N) is 4. The van der Waals surface area contributed by atoms with Gasteiger partial charge in [-0.15, -0.1) is 0 Å². The standard InChI is InChI=1S/C53H78N4O13.C50H74N4O12.C3H5ClO/c1-10-47(59)70-46(38-57(56-50(61)43(52(2,3)4)36-48(60)64-9)37-40-19-21-41(22-20-40)44-18-14-15-23-54-44)42(34-39-16-12-11-13-17-39)35-45(58)49(53(5,6)7)55-51(62)69-33-32-68-31-30-67-29-28-66-27-26-65-25-24-63-8;1-49(2,3)41(34-45(57)61-8)47(58)53-54(35-38-17-19-39(20-18-38)42-16-12-13-21-51-42)36-44(56)40(32-37-14-10-9-11-15-37)33-43(55)46(50(4,5)6)52-48(59)66-31-30-65-29-28-64-27-26-63-25-24-62-23-22-60-7;1-2-3(4)5/h11-23,42-43,46,49H,10,24-38H2,1-9H3,(H,55,62)(H,56,61);9-21,40-41,44,46,56H,22-36H2,1-8H3,(H,52,59)(H,53,58);2H2,1H3/t42-,43-,46+,49-;40-,41-,44+,46-;/m11./s1. The van der Waals surface area contributed by atoms with Gasteiger partial charge in [-0.3, -0.25) is 59.2 Å². The van der Waals surface area contributed by atoms with Crippen LogP contribution in [0.3, 0.4) is 0 Å². The maximum Gasteiger partial charge on any atom is 0.407 e. The van der Waals surface area contributed by atoms with Crippen molar-refractivity contribution in [2.75, 3.05) is 174 Å². The van der Waals surface area contributed by atoms with E-state index in [0.29, 0.717) is 118 Å². The molecule has 2 heterocycles. The SMILES string of the molecule is CCC(=O)Cl.CCC(=O)O[C@@H](CN(Cc1ccc(-c2ccccn2)cc1)NC(=O)[C@@H](CC(=O)OC)C(C)(C)C)[C@@H](CC(=O)[C@@H](NC(=O)OCCOCCOCCOCCOCCOC)C(C)(C)C)Cc1ccccc1.COCCOCCOCCOCCOCCOC(=O)N[C@H](C(=O)C[C@@H](Cc1ccccc1)[C@@H](O)CN(Cc1ccc(-c2ccccn2)cc1)NC(=O)[C@@H](CC(=O)OC)C(C)(C)C)C(C)(C)C. The number of hydrazine groups is 2. The zero-order chi connectivity index (χ0) is 104. The molecule has 0 radical (unpaired) electrons. The van der Waals surface area contributed by atoms with Crippen LogP contribution in [0.25, 0.3) is 22.5 Å². The summed E-state index contributed by atoms with van der Waals surface area (Å²) < 4.78 is 80.5. The van der Waals surface area contributed by atoms with E-state index in [1.165, 1.54) is 14.2 Å². The zero-order valence-corrected chi connectivity index (χ0v) is 86.8. The monoisotopic (exact) mass is 1990 g/mol. The Morgan fingerprint density at radius 2 is 0.688 bits per heavy atom. The Balaban J connectivity index is 0.000000562. The molecular weight excluding hydrogens is 1840 g/mol. The van der Waals surface area contributed by atoms with Gasteiger partial charge < -0.3 is 86.8 Å². The molecule has 6 rings (SSSR count). The summed E-state index contributed by atoms with van der Waals surface area (Å²) in [6.45, 7) is 33.0. The molecule has 141 heavy (non-hydrogen) atoms. The molecule has 4 aromatic carbocycles. The van der Waals surface area contributed by atoms with E-state index in [1.54, 1.807) is 50.5 Å². The minimum absolute atomic E-state index is 0.0288. The number of nitrogens with zero attached hydrogens (tertiary/aromatic N) is 4. The van der Waals surface area contributed by atoms with Crippen LogP contribution in [0, 0.1) is 45.3 Å². The van der Waals surface area contributed by atoms with E-state index in [-0.39, 0.29) is 108 Å². The molecule has 784 valence electrons. The molecular formula is C106H157ClN8O26. The topological polar surface area (TPSA) is 410 Å². The first-order chi connectivity index (χ1) is 67.2. The Morgan fingerprint density at radius 1 is 0.369 bits per heavy atom. The fraction of sp³-hybridized carbons (Fsp3) is 0.585. The van der Waals surface area contributed by atoms with Gasteiger partial charge >= 0.3 is 30.1 Å². The summed E-state index contributed by atoms with van der Waals surface area (Å²) >= 11 is 4.82. The fourth-order valence-electron chi connectivity index (χ4n) is 14.4. The number of hydrogen-bond acceptors (Lipinski definition) is 30. The number of carbonyl (C=O) groups excluding carboxylic acids is 10. The van der Waals surface area contributed by atoms with Crippen LogP contribution in [-0.4, -0.2) is 282 Å². The molecule has 4 amide bonds. The van der Waals surface area contributed by atoms with Gasteiger partial charge in [-0.25, -0.2) is 19.6 Å². The first-order valence-corrected chi connectivity index (χ1v) is 48.5. The number of benzene rings is 4. The number of hydrogen-bond donors (Lipinski definition) is 5. The van der Waals surface area contributed by atoms with Crippen LogP contribution in [-0.2, 0) is 135 Å². The molecule has 0 saturated heterocycles. The summed E-state index contributed by atoms with van der Waals surface area (Å²) in [7, 11) is 5.80. The van der Waals surface area contributed by atoms with E-state index in [1.807, 2.05) is 229 Å². The number of pyridine rings is 2. The van der Waals surface area contributed by atoms with E-state index in [0.717, 1.165) is 44.8 Å². The predicted molar refractivity (Wildman–Crippen MR) is 535 cm³/mol. The Kier molecular flexibility index (Phi) is 60.2. The highest BCUT2D eigenvalue weighted by atomic mass is 35.5. The number of alkyl carbamates (subject to hydrolysis) is 2. The summed E-state index contributed by atoms with van der Waals surface area (Å²) in [5.74, 6) is -5.77. The van der Waals surface area contributed by atoms with Gasteiger partial charge in [0.1, 0.15) is 19.3 Å². The van der Waals surface area contributed by atoms with Crippen LogP contribution < -0.4 is 21.5 Å². The Labute approximate surface area is 839 Å². The van der Waals surface area contributed by atoms with Gasteiger partial charge in [0.05, 0.1) is 194 Å². The second-order valence-electron chi connectivity index (χ2n) is 37.9. The highest BCUT2D eigenvalue weighted by molar-refractivity contribution is 6.63. The number of esters is 3. The summed E-state index contributed by atoms with van der Waals surface area (Å²) in [4.78, 5) is 140. The summed E-state index contributed by atoms with van der Waals surface area (Å²) in [5.41, 5.74) is 10.2. The number of aliphatic hydroxyl groups is 1. The van der Waals surface area contributed by atoms with E-state index in [9.17, 15) is 53.1 Å². The molecule has 5 N–H and O–H groups in total. The van der Waals surface area contributed by atoms with Crippen LogP contribution in [0.4, 0.5) is 9.59 Å². The average Bonchev–Trinajstić information content (AvgIpc) is 0.820. The Bertz CT molecular complexity index is 4510. The van der Waals surface area contributed by atoms with Gasteiger partial charge in [-0.2, -0.15) is 0 Å². The van der Waals surface area contributed by atoms with E-state index >= 15 is 0 Å². The first kappa shape index (κ1) is 123. The smallest absolute Gasteiger partial charge is 0.407 e. The van der Waals surface area contributed by atoms with Crippen molar-refractivity contribution in [2.45, 2.75) is 186 Å². The van der Waals surface area contributed by atoms with Crippen molar-refractivity contribution in [3.8, 4) is 22.5 Å². The van der Waals surface area contributed by atoms with Gasteiger partial charge in [-0.05, 0) is 98.5 Å². The molecule has 0 aliphatic rings. The normalized spacial score (nSPS) is 13.3. The lowest BCUT2D eigenvalue weighted by Gasteiger charge is -2.36. The van der Waals surface area contributed by atoms with Gasteiger partial charge in [0.15, 0.2) is 11.6 Å². The molecule has 0 aliphatic heterocycles. The third-order valence-corrected chi connectivity index (χ3v) is 22.6. The molecule has 8 atom stereocenters. The van der Waals surface area contributed by atoms with Gasteiger partial charge in [0, 0.05) is 89.0 Å². The molecule has 0 bridgehead atoms. The lowest BCUT2D eigenvalue weighted by atomic mass is 9.78. The maximum atomic E-state index is 14.6. The van der Waals surface area contributed by atoms with Gasteiger partial charge in [0.2, 0.25) is 17.1 Å². The van der Waals surface area contributed by atoms with Gasteiger partial charge in [0.25, 0.3) is 0 Å². The quantitative estimate of drug-likeness (QED) is 0.00778. The molecule has 0 aliphatic carbocycles. The van der Waals surface area contributed by atoms with Crippen LogP contribution >= 0.6 is 11.6 Å². The van der Waals surface area contributed by atoms with Crippen molar-refractivity contribution in [1.29, 1.82) is 0 Å². The lowest BCUT2D eigenvalue weighted by Crippen LogP contribution is -2.53. The third-order valence-electron chi connectivity index (χ3n) is 22.3.